The minimum Gasteiger partial charge on any atom is -0.308 e. The third-order valence-corrected chi connectivity index (χ3v) is 4.65. The topological polar surface area (TPSA) is 29.9 Å². The standard InChI is InChI=1S/C20H22ClN3/c1-15-19(13-22-12-17-8-4-3-5-9-17)16(2)24(23-15)14-18-10-6-7-11-20(18)21/h3-11,22H,12-14H2,1-2H3. The minimum atomic E-state index is 0.699. The summed E-state index contributed by atoms with van der Waals surface area (Å²) in [5.74, 6) is 0. The van der Waals surface area contributed by atoms with Gasteiger partial charge in [-0.2, -0.15) is 5.10 Å². The lowest BCUT2D eigenvalue weighted by Crippen LogP contribution is -2.14. The van der Waals surface area contributed by atoms with Crippen LogP contribution in [0.5, 0.6) is 0 Å². The fourth-order valence-electron chi connectivity index (χ4n) is 2.86. The van der Waals surface area contributed by atoms with Crippen molar-refractivity contribution in [2.45, 2.75) is 33.5 Å². The van der Waals surface area contributed by atoms with Crippen molar-refractivity contribution < 1.29 is 0 Å². The molecule has 3 rings (SSSR count). The second-order valence-electron chi connectivity index (χ2n) is 5.99. The molecule has 24 heavy (non-hydrogen) atoms. The molecule has 0 saturated carbocycles. The van der Waals surface area contributed by atoms with Crippen molar-refractivity contribution in [1.29, 1.82) is 0 Å². The van der Waals surface area contributed by atoms with Gasteiger partial charge in [0.2, 0.25) is 0 Å². The molecule has 0 amide bonds. The molecule has 0 atom stereocenters. The summed E-state index contributed by atoms with van der Waals surface area (Å²) in [7, 11) is 0. The molecule has 0 spiro atoms. The molecular weight excluding hydrogens is 318 g/mol. The van der Waals surface area contributed by atoms with Crippen LogP contribution in [0.25, 0.3) is 0 Å². The van der Waals surface area contributed by atoms with Crippen LogP contribution in [0.2, 0.25) is 5.02 Å². The molecule has 1 aromatic heterocycles. The number of rotatable bonds is 6. The molecular formula is C20H22ClN3. The van der Waals surface area contributed by atoms with Crippen molar-refractivity contribution in [3.05, 3.63) is 87.7 Å². The van der Waals surface area contributed by atoms with Crippen LogP contribution in [0.15, 0.2) is 54.6 Å². The molecule has 3 aromatic rings. The van der Waals surface area contributed by atoms with Gasteiger partial charge < -0.3 is 5.32 Å². The molecule has 4 heteroatoms. The van der Waals surface area contributed by atoms with Gasteiger partial charge in [0, 0.05) is 29.4 Å². The number of aromatic nitrogens is 2. The largest absolute Gasteiger partial charge is 0.308 e. The maximum absolute atomic E-state index is 6.27. The van der Waals surface area contributed by atoms with E-state index in [1.165, 1.54) is 16.8 Å². The van der Waals surface area contributed by atoms with Gasteiger partial charge in [0.15, 0.2) is 0 Å². The average Bonchev–Trinajstić information content (AvgIpc) is 2.85. The number of aryl methyl sites for hydroxylation is 1. The number of nitrogens with one attached hydrogen (secondary N) is 1. The first-order chi connectivity index (χ1) is 11.6. The van der Waals surface area contributed by atoms with E-state index in [1.54, 1.807) is 0 Å². The van der Waals surface area contributed by atoms with E-state index < -0.39 is 0 Å². The predicted molar refractivity (Wildman–Crippen MR) is 99.2 cm³/mol. The van der Waals surface area contributed by atoms with Gasteiger partial charge in [0.1, 0.15) is 0 Å². The second-order valence-corrected chi connectivity index (χ2v) is 6.39. The van der Waals surface area contributed by atoms with Crippen LogP contribution in [0.4, 0.5) is 0 Å². The van der Waals surface area contributed by atoms with E-state index in [-0.39, 0.29) is 0 Å². The van der Waals surface area contributed by atoms with Gasteiger partial charge >= 0.3 is 0 Å². The quantitative estimate of drug-likeness (QED) is 0.717. The van der Waals surface area contributed by atoms with Gasteiger partial charge in [0.25, 0.3) is 0 Å². The third-order valence-electron chi connectivity index (χ3n) is 4.28. The van der Waals surface area contributed by atoms with Crippen molar-refractivity contribution in [3.8, 4) is 0 Å². The number of benzene rings is 2. The Morgan fingerprint density at radius 1 is 0.958 bits per heavy atom. The van der Waals surface area contributed by atoms with Gasteiger partial charge in [-0.25, -0.2) is 0 Å². The van der Waals surface area contributed by atoms with E-state index in [1.807, 2.05) is 35.0 Å². The van der Waals surface area contributed by atoms with E-state index in [9.17, 15) is 0 Å². The molecule has 2 aromatic carbocycles. The second kappa shape index (κ2) is 7.65. The van der Waals surface area contributed by atoms with Crippen LogP contribution < -0.4 is 5.32 Å². The maximum Gasteiger partial charge on any atom is 0.0677 e. The van der Waals surface area contributed by atoms with E-state index in [0.29, 0.717) is 6.54 Å². The number of nitrogens with zero attached hydrogens (tertiary/aromatic N) is 2. The van der Waals surface area contributed by atoms with Gasteiger partial charge in [0.05, 0.1) is 12.2 Å². The van der Waals surface area contributed by atoms with Crippen LogP contribution >= 0.6 is 11.6 Å². The van der Waals surface area contributed by atoms with Crippen molar-refractivity contribution in [2.24, 2.45) is 0 Å². The first kappa shape index (κ1) is 16.7. The summed E-state index contributed by atoms with van der Waals surface area (Å²) in [5.41, 5.74) is 5.90. The number of hydrogen-bond donors (Lipinski definition) is 1. The van der Waals surface area contributed by atoms with Crippen LogP contribution in [-0.4, -0.2) is 9.78 Å². The summed E-state index contributed by atoms with van der Waals surface area (Å²) in [4.78, 5) is 0. The molecule has 3 nitrogen and oxygen atoms in total. The third kappa shape index (κ3) is 3.86. The van der Waals surface area contributed by atoms with E-state index >= 15 is 0 Å². The molecule has 0 unspecified atom stereocenters. The Bertz CT molecular complexity index is 809. The number of halogens is 1. The van der Waals surface area contributed by atoms with Crippen molar-refractivity contribution in [2.75, 3.05) is 0 Å². The van der Waals surface area contributed by atoms with Gasteiger partial charge in [-0.15, -0.1) is 0 Å². The zero-order valence-corrected chi connectivity index (χ0v) is 14.8. The molecule has 0 radical (unpaired) electrons. The van der Waals surface area contributed by atoms with E-state index in [0.717, 1.165) is 29.4 Å². The summed E-state index contributed by atoms with van der Waals surface area (Å²) in [6.07, 6.45) is 0. The Labute approximate surface area is 148 Å². The normalized spacial score (nSPS) is 11.0. The summed E-state index contributed by atoms with van der Waals surface area (Å²) < 4.78 is 2.04. The summed E-state index contributed by atoms with van der Waals surface area (Å²) in [6, 6.07) is 18.4. The molecule has 124 valence electrons. The number of hydrogen-bond acceptors (Lipinski definition) is 2. The Hall–Kier alpha value is -2.10. The van der Waals surface area contributed by atoms with E-state index in [2.05, 4.69) is 43.4 Å². The lowest BCUT2D eigenvalue weighted by atomic mass is 10.1. The highest BCUT2D eigenvalue weighted by Gasteiger charge is 2.12. The maximum atomic E-state index is 6.27. The highest BCUT2D eigenvalue weighted by molar-refractivity contribution is 6.31. The molecule has 0 aliphatic carbocycles. The fourth-order valence-corrected chi connectivity index (χ4v) is 3.05. The highest BCUT2D eigenvalue weighted by atomic mass is 35.5. The Morgan fingerprint density at radius 2 is 1.67 bits per heavy atom. The lowest BCUT2D eigenvalue weighted by Gasteiger charge is -2.08. The summed E-state index contributed by atoms with van der Waals surface area (Å²) in [5, 5.41) is 8.98. The molecule has 0 aliphatic heterocycles. The molecule has 1 heterocycles. The van der Waals surface area contributed by atoms with Gasteiger partial charge in [-0.3, -0.25) is 4.68 Å². The van der Waals surface area contributed by atoms with Crippen molar-refractivity contribution in [3.63, 3.8) is 0 Å². The van der Waals surface area contributed by atoms with Crippen LogP contribution in [-0.2, 0) is 19.6 Å². The van der Waals surface area contributed by atoms with Crippen LogP contribution in [0, 0.1) is 13.8 Å². The van der Waals surface area contributed by atoms with Crippen molar-refractivity contribution in [1.82, 2.24) is 15.1 Å². The molecule has 0 bridgehead atoms. The molecule has 0 fully saturated rings. The van der Waals surface area contributed by atoms with E-state index in [4.69, 9.17) is 16.7 Å². The summed E-state index contributed by atoms with van der Waals surface area (Å²) >= 11 is 6.27. The Balaban J connectivity index is 1.69. The predicted octanol–water partition coefficient (Wildman–Crippen LogP) is 4.49. The lowest BCUT2D eigenvalue weighted by molar-refractivity contribution is 0.653. The first-order valence-corrected chi connectivity index (χ1v) is 8.54. The Kier molecular flexibility index (Phi) is 5.34. The Morgan fingerprint density at radius 3 is 2.42 bits per heavy atom. The fraction of sp³-hybridized carbons (Fsp3) is 0.250. The summed E-state index contributed by atoms with van der Waals surface area (Å²) in [6.45, 7) is 6.56. The zero-order valence-electron chi connectivity index (χ0n) is 14.1. The highest BCUT2D eigenvalue weighted by Crippen LogP contribution is 2.19. The SMILES string of the molecule is Cc1nn(Cc2ccccc2Cl)c(C)c1CNCc1ccccc1. The molecule has 1 N–H and O–H groups in total. The smallest absolute Gasteiger partial charge is 0.0677 e. The first-order valence-electron chi connectivity index (χ1n) is 8.16. The van der Waals surface area contributed by atoms with Gasteiger partial charge in [-0.05, 0) is 31.0 Å². The average molecular weight is 340 g/mol. The monoisotopic (exact) mass is 339 g/mol. The molecule has 0 saturated heterocycles. The van der Waals surface area contributed by atoms with Crippen LogP contribution in [0.3, 0.4) is 0 Å². The van der Waals surface area contributed by atoms with Crippen molar-refractivity contribution >= 4 is 11.6 Å². The molecule has 0 aliphatic rings. The van der Waals surface area contributed by atoms with Gasteiger partial charge in [-0.1, -0.05) is 60.1 Å². The zero-order chi connectivity index (χ0) is 16.9. The van der Waals surface area contributed by atoms with Crippen LogP contribution in [0.1, 0.15) is 28.1 Å². The minimum absolute atomic E-state index is 0.699.